The lowest BCUT2D eigenvalue weighted by molar-refractivity contribution is -0.111. The zero-order chi connectivity index (χ0) is 28.1. The normalized spacial score (nSPS) is 14.3. The summed E-state index contributed by atoms with van der Waals surface area (Å²) in [5.74, 6) is 0.803. The van der Waals surface area contributed by atoms with Gasteiger partial charge in [-0.2, -0.15) is 10.1 Å². The quantitative estimate of drug-likeness (QED) is 0.274. The number of amides is 1. The van der Waals surface area contributed by atoms with Crippen molar-refractivity contribution in [2.75, 3.05) is 76.5 Å². The molecule has 0 aliphatic carbocycles. The Morgan fingerprint density at radius 3 is 2.70 bits per heavy atom. The Balaban J connectivity index is 1.43. The summed E-state index contributed by atoms with van der Waals surface area (Å²) in [5, 5.41) is 14.2. The molecule has 1 fully saturated rings. The minimum atomic E-state index is -0.222. The number of methoxy groups -OCH3 is 1. The monoisotopic (exact) mass is 541 g/mol. The smallest absolute Gasteiger partial charge is 0.248 e. The number of fused-ring (bicyclic) bond motifs is 1. The number of H-pyrrole nitrogens is 1. The summed E-state index contributed by atoms with van der Waals surface area (Å²) >= 11 is 0. The molecule has 1 saturated heterocycles. The number of piperazine rings is 1. The Kier molecular flexibility index (Phi) is 8.23. The predicted molar refractivity (Wildman–Crippen MR) is 159 cm³/mol. The van der Waals surface area contributed by atoms with Crippen molar-refractivity contribution in [3.05, 3.63) is 60.8 Å². The number of ether oxygens (including phenoxy) is 1. The van der Waals surface area contributed by atoms with Crippen LogP contribution in [0.4, 0.5) is 23.0 Å². The second-order valence-corrected chi connectivity index (χ2v) is 10.1. The Morgan fingerprint density at radius 2 is 1.93 bits per heavy atom. The maximum atomic E-state index is 12.5. The first-order valence-electron chi connectivity index (χ1n) is 13.2. The number of likely N-dealkylation sites (N-methyl/N-ethyl adjacent to an activating group) is 2. The van der Waals surface area contributed by atoms with Gasteiger partial charge in [0.25, 0.3) is 0 Å². The van der Waals surface area contributed by atoms with Gasteiger partial charge in [0.1, 0.15) is 5.75 Å². The van der Waals surface area contributed by atoms with Crippen LogP contribution in [0.5, 0.6) is 5.75 Å². The molecule has 5 rings (SSSR count). The third-order valence-corrected chi connectivity index (χ3v) is 6.70. The molecule has 0 bridgehead atoms. The minimum Gasteiger partial charge on any atom is -0.497 e. The fourth-order valence-electron chi connectivity index (χ4n) is 4.57. The van der Waals surface area contributed by atoms with Crippen LogP contribution in [0.3, 0.4) is 0 Å². The van der Waals surface area contributed by atoms with Gasteiger partial charge in [0.15, 0.2) is 5.65 Å². The summed E-state index contributed by atoms with van der Waals surface area (Å²) in [6.07, 6.45) is 5.03. The Labute approximate surface area is 233 Å². The van der Waals surface area contributed by atoms with Crippen LogP contribution in [0.2, 0.25) is 0 Å². The van der Waals surface area contributed by atoms with E-state index in [1.54, 1.807) is 19.4 Å². The van der Waals surface area contributed by atoms with Gasteiger partial charge >= 0.3 is 0 Å². The van der Waals surface area contributed by atoms with E-state index in [-0.39, 0.29) is 5.91 Å². The van der Waals surface area contributed by atoms with E-state index in [0.717, 1.165) is 48.5 Å². The molecule has 0 spiro atoms. The van der Waals surface area contributed by atoms with Crippen molar-refractivity contribution in [3.63, 3.8) is 0 Å². The number of hydrogen-bond acceptors (Lipinski definition) is 9. The van der Waals surface area contributed by atoms with Gasteiger partial charge in [-0.15, -0.1) is 0 Å². The van der Waals surface area contributed by atoms with Crippen LogP contribution in [0.15, 0.2) is 60.8 Å². The molecule has 0 saturated carbocycles. The van der Waals surface area contributed by atoms with Crippen LogP contribution in [0.1, 0.15) is 0 Å². The van der Waals surface area contributed by atoms with Gasteiger partial charge in [-0.25, -0.2) is 4.98 Å². The molecule has 1 amide bonds. The van der Waals surface area contributed by atoms with Crippen LogP contribution >= 0.6 is 0 Å². The van der Waals surface area contributed by atoms with Crippen molar-refractivity contribution in [3.8, 4) is 17.0 Å². The van der Waals surface area contributed by atoms with Gasteiger partial charge in [-0.3, -0.25) is 9.89 Å². The van der Waals surface area contributed by atoms with Crippen LogP contribution in [0.25, 0.3) is 22.3 Å². The van der Waals surface area contributed by atoms with E-state index in [1.165, 1.54) is 6.08 Å². The molecule has 4 aromatic rings. The molecular formula is C29H35N9O2. The molecule has 11 heteroatoms. The van der Waals surface area contributed by atoms with Crippen molar-refractivity contribution < 1.29 is 9.53 Å². The van der Waals surface area contributed by atoms with E-state index < -0.39 is 0 Å². The van der Waals surface area contributed by atoms with Gasteiger partial charge < -0.3 is 30.1 Å². The number of carbonyl (C=O) groups excluding carboxylic acids is 1. The Morgan fingerprint density at radius 1 is 1.10 bits per heavy atom. The Hall–Kier alpha value is -4.48. The summed E-state index contributed by atoms with van der Waals surface area (Å²) in [5.41, 5.74) is 4.67. The fourth-order valence-corrected chi connectivity index (χ4v) is 4.57. The van der Waals surface area contributed by atoms with Crippen molar-refractivity contribution in [2.45, 2.75) is 0 Å². The van der Waals surface area contributed by atoms with Crippen molar-refractivity contribution in [2.24, 2.45) is 0 Å². The van der Waals surface area contributed by atoms with Crippen LogP contribution in [0, 0.1) is 0 Å². The molecule has 3 N–H and O–H groups in total. The minimum absolute atomic E-state index is 0.222. The third kappa shape index (κ3) is 6.56. The highest BCUT2D eigenvalue weighted by Gasteiger charge is 2.17. The number of anilines is 4. The number of rotatable bonds is 9. The first kappa shape index (κ1) is 27.1. The SMILES string of the molecule is COc1cc(NC(=O)/C=C/CN(C)C)cc(-c2nc(Nc3cccc(N4CCN(C)CC4)c3)nc3[nH]ncc23)c1. The molecule has 0 atom stereocenters. The lowest BCUT2D eigenvalue weighted by Crippen LogP contribution is -2.44. The van der Waals surface area contributed by atoms with E-state index >= 15 is 0 Å². The lowest BCUT2D eigenvalue weighted by atomic mass is 10.1. The van der Waals surface area contributed by atoms with E-state index in [2.05, 4.69) is 54.8 Å². The topological polar surface area (TPSA) is 115 Å². The largest absolute Gasteiger partial charge is 0.497 e. The number of nitrogens with one attached hydrogen (secondary N) is 3. The van der Waals surface area contributed by atoms with Gasteiger partial charge in [0.05, 0.1) is 24.4 Å². The molecule has 40 heavy (non-hydrogen) atoms. The number of hydrogen-bond donors (Lipinski definition) is 3. The summed E-state index contributed by atoms with van der Waals surface area (Å²) in [7, 11) is 7.64. The van der Waals surface area contributed by atoms with Gasteiger partial charge in [0, 0.05) is 67.5 Å². The van der Waals surface area contributed by atoms with Crippen molar-refractivity contribution in [1.82, 2.24) is 30.0 Å². The average molecular weight is 542 g/mol. The number of aromatic amines is 1. The zero-order valence-corrected chi connectivity index (χ0v) is 23.3. The summed E-state index contributed by atoms with van der Waals surface area (Å²) in [6.45, 7) is 4.72. The molecular weight excluding hydrogens is 506 g/mol. The predicted octanol–water partition coefficient (Wildman–Crippen LogP) is 3.58. The molecule has 1 aliphatic heterocycles. The zero-order valence-electron chi connectivity index (χ0n) is 23.3. The highest BCUT2D eigenvalue weighted by Crippen LogP contribution is 2.33. The van der Waals surface area contributed by atoms with Gasteiger partial charge in [-0.05, 0) is 51.5 Å². The van der Waals surface area contributed by atoms with Crippen LogP contribution in [-0.4, -0.2) is 96.8 Å². The molecule has 0 radical (unpaired) electrons. The first-order chi connectivity index (χ1) is 19.4. The van der Waals surface area contributed by atoms with Crippen LogP contribution < -0.4 is 20.3 Å². The molecule has 11 nitrogen and oxygen atoms in total. The maximum absolute atomic E-state index is 12.5. The summed E-state index contributed by atoms with van der Waals surface area (Å²) in [4.78, 5) is 28.7. The molecule has 1 aliphatic rings. The fraction of sp³-hybridized carbons (Fsp3) is 0.310. The second kappa shape index (κ2) is 12.1. The highest BCUT2D eigenvalue weighted by molar-refractivity contribution is 6.00. The summed E-state index contributed by atoms with van der Waals surface area (Å²) < 4.78 is 5.54. The number of benzene rings is 2. The standard InChI is InChI=1S/C29H35N9O2/c1-36(2)10-6-9-26(39)31-22-15-20(16-24(18-22)40-4)27-25-19-30-35-28(25)34-29(33-27)32-21-7-5-8-23(17-21)38-13-11-37(3)12-14-38/h5-9,15-19H,10-14H2,1-4H3,(H,31,39)(H2,30,32,33,34,35)/b9-6+. The van der Waals surface area contributed by atoms with E-state index in [9.17, 15) is 4.79 Å². The number of nitrogens with zero attached hydrogens (tertiary/aromatic N) is 6. The average Bonchev–Trinajstić information content (AvgIpc) is 3.41. The molecule has 2 aromatic heterocycles. The number of carbonyl (C=O) groups is 1. The Bertz CT molecular complexity index is 1510. The van der Waals surface area contributed by atoms with Gasteiger partial charge in [0.2, 0.25) is 11.9 Å². The molecule has 0 unspecified atom stereocenters. The van der Waals surface area contributed by atoms with Crippen LogP contribution in [-0.2, 0) is 4.79 Å². The van der Waals surface area contributed by atoms with Crippen molar-refractivity contribution >= 4 is 40.0 Å². The third-order valence-electron chi connectivity index (χ3n) is 6.70. The maximum Gasteiger partial charge on any atom is 0.248 e. The van der Waals surface area contributed by atoms with Crippen molar-refractivity contribution in [1.29, 1.82) is 0 Å². The first-order valence-corrected chi connectivity index (χ1v) is 13.2. The second-order valence-electron chi connectivity index (χ2n) is 10.1. The molecule has 3 heterocycles. The van der Waals surface area contributed by atoms with Gasteiger partial charge in [-0.1, -0.05) is 12.1 Å². The van der Waals surface area contributed by atoms with E-state index in [1.807, 2.05) is 49.3 Å². The lowest BCUT2D eigenvalue weighted by Gasteiger charge is -2.34. The van der Waals surface area contributed by atoms with E-state index in [0.29, 0.717) is 35.3 Å². The highest BCUT2D eigenvalue weighted by atomic mass is 16.5. The van der Waals surface area contributed by atoms with E-state index in [4.69, 9.17) is 9.72 Å². The molecule has 2 aromatic carbocycles. The molecule has 208 valence electrons. The number of aromatic nitrogens is 4. The summed E-state index contributed by atoms with van der Waals surface area (Å²) in [6, 6.07) is 13.8.